The van der Waals surface area contributed by atoms with E-state index in [-0.39, 0.29) is 0 Å². The van der Waals surface area contributed by atoms with E-state index in [0.29, 0.717) is 5.92 Å². The van der Waals surface area contributed by atoms with Crippen molar-refractivity contribution < 1.29 is 9.90 Å². The second kappa shape index (κ2) is 5.96. The maximum Gasteiger partial charge on any atom is 0.327 e. The van der Waals surface area contributed by atoms with Crippen molar-refractivity contribution in [3.05, 3.63) is 12.2 Å². The minimum Gasteiger partial charge on any atom is -0.478 e. The lowest BCUT2D eigenvalue weighted by molar-refractivity contribution is -0.131. The summed E-state index contributed by atoms with van der Waals surface area (Å²) in [5.74, 6) is -0.136. The van der Waals surface area contributed by atoms with Crippen LogP contribution in [-0.2, 0) is 4.79 Å². The summed E-state index contributed by atoms with van der Waals surface area (Å²) in [6.45, 7) is 4.34. The third-order valence-corrected chi connectivity index (χ3v) is 1.41. The maximum absolute atomic E-state index is 10.0. The van der Waals surface area contributed by atoms with Crippen molar-refractivity contribution in [1.29, 1.82) is 0 Å². The summed E-state index contributed by atoms with van der Waals surface area (Å²) in [4.78, 5) is 10.0. The molecule has 0 rings (SSSR count). The minimum atomic E-state index is -0.852. The van der Waals surface area contributed by atoms with Gasteiger partial charge >= 0.3 is 5.97 Å². The fraction of sp³-hybridized carbons (Fsp3) is 0.667. The van der Waals surface area contributed by atoms with Crippen LogP contribution in [0.2, 0.25) is 0 Å². The average molecular weight is 156 g/mol. The second-order valence-corrected chi connectivity index (χ2v) is 3.07. The van der Waals surface area contributed by atoms with E-state index in [1.165, 1.54) is 12.5 Å². The van der Waals surface area contributed by atoms with E-state index in [1.54, 1.807) is 6.08 Å². The first kappa shape index (κ1) is 10.2. The van der Waals surface area contributed by atoms with Gasteiger partial charge in [0.1, 0.15) is 0 Å². The Morgan fingerprint density at radius 3 is 2.64 bits per heavy atom. The number of aliphatic carboxylic acids is 1. The molecule has 0 aromatic carbocycles. The smallest absolute Gasteiger partial charge is 0.327 e. The van der Waals surface area contributed by atoms with Crippen LogP contribution in [0.25, 0.3) is 0 Å². The Morgan fingerprint density at radius 2 is 2.18 bits per heavy atom. The molecular formula is C9H16O2. The highest BCUT2D eigenvalue weighted by atomic mass is 16.4. The second-order valence-electron chi connectivity index (χ2n) is 3.07. The molecular weight excluding hydrogens is 140 g/mol. The molecule has 11 heavy (non-hydrogen) atoms. The molecule has 0 aromatic rings. The average Bonchev–Trinajstić information content (AvgIpc) is 1.85. The number of rotatable bonds is 5. The van der Waals surface area contributed by atoms with E-state index >= 15 is 0 Å². The van der Waals surface area contributed by atoms with Crippen molar-refractivity contribution in [2.24, 2.45) is 5.92 Å². The molecule has 0 amide bonds. The van der Waals surface area contributed by atoms with Gasteiger partial charge in [0.05, 0.1) is 0 Å². The van der Waals surface area contributed by atoms with Gasteiger partial charge in [0.25, 0.3) is 0 Å². The number of hydrogen-bond donors (Lipinski definition) is 1. The van der Waals surface area contributed by atoms with Crippen LogP contribution >= 0.6 is 0 Å². The van der Waals surface area contributed by atoms with Gasteiger partial charge in [-0.3, -0.25) is 0 Å². The highest BCUT2D eigenvalue weighted by Gasteiger charge is 1.91. The summed E-state index contributed by atoms with van der Waals surface area (Å²) in [6, 6.07) is 0. The normalized spacial score (nSPS) is 11.2. The SMILES string of the molecule is CC(C)CCC/C=C/C(=O)O. The van der Waals surface area contributed by atoms with Gasteiger partial charge in [-0.2, -0.15) is 0 Å². The Balaban J connectivity index is 3.21. The number of carbonyl (C=O) groups is 1. The molecule has 64 valence electrons. The van der Waals surface area contributed by atoms with Gasteiger partial charge in [0, 0.05) is 6.08 Å². The Labute approximate surface area is 67.9 Å². The lowest BCUT2D eigenvalue weighted by Gasteiger charge is -1.99. The van der Waals surface area contributed by atoms with Crippen molar-refractivity contribution in [3.63, 3.8) is 0 Å². The molecule has 0 saturated carbocycles. The molecule has 2 heteroatoms. The molecule has 0 bridgehead atoms. The van der Waals surface area contributed by atoms with E-state index < -0.39 is 5.97 Å². The molecule has 0 heterocycles. The zero-order chi connectivity index (χ0) is 8.69. The van der Waals surface area contributed by atoms with Crippen LogP contribution in [0.15, 0.2) is 12.2 Å². The van der Waals surface area contributed by atoms with Crippen LogP contribution in [-0.4, -0.2) is 11.1 Å². The number of carboxylic acids is 1. The van der Waals surface area contributed by atoms with Crippen LogP contribution in [0.4, 0.5) is 0 Å². The van der Waals surface area contributed by atoms with E-state index in [0.717, 1.165) is 12.8 Å². The number of unbranched alkanes of at least 4 members (excludes halogenated alkanes) is 1. The summed E-state index contributed by atoms with van der Waals surface area (Å²) in [6.07, 6.45) is 6.06. The van der Waals surface area contributed by atoms with Gasteiger partial charge in [-0.15, -0.1) is 0 Å². The highest BCUT2D eigenvalue weighted by molar-refractivity contribution is 5.79. The number of allylic oxidation sites excluding steroid dienone is 1. The van der Waals surface area contributed by atoms with Crippen LogP contribution in [0.5, 0.6) is 0 Å². The van der Waals surface area contributed by atoms with Gasteiger partial charge < -0.3 is 5.11 Å². The fourth-order valence-electron chi connectivity index (χ4n) is 0.828. The number of hydrogen-bond acceptors (Lipinski definition) is 1. The lowest BCUT2D eigenvalue weighted by Crippen LogP contribution is -1.87. The third kappa shape index (κ3) is 9.21. The predicted octanol–water partition coefficient (Wildman–Crippen LogP) is 2.45. The summed E-state index contributed by atoms with van der Waals surface area (Å²) in [7, 11) is 0. The van der Waals surface area contributed by atoms with Crippen molar-refractivity contribution in [2.75, 3.05) is 0 Å². The van der Waals surface area contributed by atoms with Gasteiger partial charge in [-0.25, -0.2) is 4.79 Å². The zero-order valence-corrected chi connectivity index (χ0v) is 7.21. The van der Waals surface area contributed by atoms with E-state index in [4.69, 9.17) is 5.11 Å². The Hall–Kier alpha value is -0.790. The molecule has 0 fully saturated rings. The molecule has 0 aliphatic heterocycles. The Morgan fingerprint density at radius 1 is 1.55 bits per heavy atom. The molecule has 0 aliphatic rings. The molecule has 0 radical (unpaired) electrons. The van der Waals surface area contributed by atoms with Gasteiger partial charge in [0.2, 0.25) is 0 Å². The van der Waals surface area contributed by atoms with Crippen LogP contribution in [0.1, 0.15) is 33.1 Å². The summed E-state index contributed by atoms with van der Waals surface area (Å²) >= 11 is 0. The van der Waals surface area contributed by atoms with Gasteiger partial charge in [0.15, 0.2) is 0 Å². The fourth-order valence-corrected chi connectivity index (χ4v) is 0.828. The molecule has 2 nitrogen and oxygen atoms in total. The predicted molar refractivity (Wildman–Crippen MR) is 45.5 cm³/mol. The Kier molecular flexibility index (Phi) is 5.53. The van der Waals surface area contributed by atoms with Gasteiger partial charge in [-0.1, -0.05) is 26.3 Å². The van der Waals surface area contributed by atoms with Crippen LogP contribution < -0.4 is 0 Å². The third-order valence-electron chi connectivity index (χ3n) is 1.41. The zero-order valence-electron chi connectivity index (χ0n) is 7.21. The van der Waals surface area contributed by atoms with Crippen molar-refractivity contribution in [3.8, 4) is 0 Å². The molecule has 0 atom stereocenters. The highest BCUT2D eigenvalue weighted by Crippen LogP contribution is 2.06. The van der Waals surface area contributed by atoms with Crippen LogP contribution in [0.3, 0.4) is 0 Å². The Bertz CT molecular complexity index is 136. The standard InChI is InChI=1S/C9H16O2/c1-8(2)6-4-3-5-7-9(10)11/h5,7-8H,3-4,6H2,1-2H3,(H,10,11)/b7-5+. The van der Waals surface area contributed by atoms with E-state index in [9.17, 15) is 4.79 Å². The van der Waals surface area contributed by atoms with E-state index in [1.807, 2.05) is 0 Å². The van der Waals surface area contributed by atoms with Gasteiger partial charge in [-0.05, 0) is 18.8 Å². The minimum absolute atomic E-state index is 0.716. The molecule has 0 saturated heterocycles. The van der Waals surface area contributed by atoms with Crippen molar-refractivity contribution in [2.45, 2.75) is 33.1 Å². The first-order valence-corrected chi connectivity index (χ1v) is 4.02. The molecule has 0 aromatic heterocycles. The molecule has 0 aliphatic carbocycles. The largest absolute Gasteiger partial charge is 0.478 e. The van der Waals surface area contributed by atoms with Crippen molar-refractivity contribution in [1.82, 2.24) is 0 Å². The van der Waals surface area contributed by atoms with Crippen molar-refractivity contribution >= 4 is 5.97 Å². The molecule has 1 N–H and O–H groups in total. The first-order chi connectivity index (χ1) is 5.13. The monoisotopic (exact) mass is 156 g/mol. The first-order valence-electron chi connectivity index (χ1n) is 4.02. The van der Waals surface area contributed by atoms with E-state index in [2.05, 4.69) is 13.8 Å². The number of carboxylic acid groups (broad SMARTS) is 1. The summed E-state index contributed by atoms with van der Waals surface area (Å²) in [5.41, 5.74) is 0. The quantitative estimate of drug-likeness (QED) is 0.490. The molecule has 0 unspecified atom stereocenters. The van der Waals surface area contributed by atoms with Crippen LogP contribution in [0, 0.1) is 5.92 Å². The maximum atomic E-state index is 10.0. The summed E-state index contributed by atoms with van der Waals surface area (Å²) < 4.78 is 0. The summed E-state index contributed by atoms with van der Waals surface area (Å²) in [5, 5.41) is 8.24. The topological polar surface area (TPSA) is 37.3 Å². The molecule has 0 spiro atoms. The lowest BCUT2D eigenvalue weighted by atomic mass is 10.1.